The van der Waals surface area contributed by atoms with Gasteiger partial charge in [0.15, 0.2) is 0 Å². The maximum atomic E-state index is 2.48. The number of benzene rings is 10. The van der Waals surface area contributed by atoms with Gasteiger partial charge in [0.25, 0.3) is 0 Å². The Morgan fingerprint density at radius 1 is 0.246 bits per heavy atom. The number of hydrogen-bond donors (Lipinski definition) is 0. The zero-order valence-electron chi connectivity index (χ0n) is 41.6. The largest absolute Gasteiger partial charge is 0.309 e. The zero-order chi connectivity index (χ0) is 47.8. The van der Waals surface area contributed by atoms with Gasteiger partial charge < -0.3 is 4.57 Å². The van der Waals surface area contributed by atoms with Gasteiger partial charge in [-0.1, -0.05) is 220 Å². The molecule has 0 aliphatic rings. The monoisotopic (exact) mass is 891 g/mol. The van der Waals surface area contributed by atoms with E-state index in [1.54, 1.807) is 0 Å². The summed E-state index contributed by atoms with van der Waals surface area (Å²) < 4.78 is 2.42. The number of nitrogens with zero attached hydrogens (tertiary/aromatic N) is 1. The molecular weight excluding hydrogens is 831 g/mol. The summed E-state index contributed by atoms with van der Waals surface area (Å²) in [4.78, 5) is 0. The van der Waals surface area contributed by atoms with Crippen molar-refractivity contribution in [2.24, 2.45) is 0 Å². The average Bonchev–Trinajstić information content (AvgIpc) is 3.68. The van der Waals surface area contributed by atoms with Gasteiger partial charge in [-0.05, 0) is 159 Å². The Balaban J connectivity index is 1.06. The van der Waals surface area contributed by atoms with Crippen LogP contribution >= 0.6 is 0 Å². The van der Waals surface area contributed by atoms with E-state index in [0.717, 1.165) is 0 Å². The summed E-state index contributed by atoms with van der Waals surface area (Å²) in [7, 11) is 0. The van der Waals surface area contributed by atoms with Crippen molar-refractivity contribution in [2.45, 2.75) is 78.6 Å². The molecule has 11 aromatic rings. The van der Waals surface area contributed by atoms with Gasteiger partial charge in [0.05, 0.1) is 11.0 Å². The standard InChI is InChI=1S/C68H61N/c1-66(2,3)52-34-37-57-60(42-52)64(49-28-24-47(25-29-49)46-22-20-45(21-23-46)44-16-12-10-13-17-44)56-36-33-53(67(4,5)6)43-61(56)65(57)50-30-26-48(27-31-50)51-32-38-62-58(40-51)59-41-54(68(7,8)9)35-39-63(59)69(62)55-18-14-11-15-19-55/h10-43H,1-9H3. The minimum absolute atomic E-state index is 0.0170. The SMILES string of the molecule is CC(C)(C)c1ccc2c(-c3ccc(-c4ccc5c(c4)c4cc(C(C)(C)C)ccc4n5-c4ccccc4)cc3)c3cc(C(C)(C)C)ccc3c(-c3ccc(-c4ccc(-c5ccccc5)cc4)cc3)c2c1. The molecule has 0 radical (unpaired) electrons. The molecule has 0 aliphatic heterocycles. The van der Waals surface area contributed by atoms with Crippen LogP contribution in [0.2, 0.25) is 0 Å². The van der Waals surface area contributed by atoms with E-state index in [1.165, 1.54) is 121 Å². The molecule has 0 fully saturated rings. The Labute approximate surface area is 408 Å². The Bertz CT molecular complexity index is 3700. The Hall–Kier alpha value is -7.48. The molecule has 0 amide bonds. The van der Waals surface area contributed by atoms with Crippen LogP contribution in [0.5, 0.6) is 0 Å². The molecule has 0 saturated heterocycles. The van der Waals surface area contributed by atoms with Gasteiger partial charge in [-0.2, -0.15) is 0 Å². The highest BCUT2D eigenvalue weighted by Crippen LogP contribution is 2.47. The normalized spacial score (nSPS) is 12.4. The molecule has 0 atom stereocenters. The minimum Gasteiger partial charge on any atom is -0.309 e. The third kappa shape index (κ3) is 8.04. The van der Waals surface area contributed by atoms with E-state index in [1.807, 2.05) is 0 Å². The maximum absolute atomic E-state index is 2.48. The van der Waals surface area contributed by atoms with Crippen LogP contribution in [-0.2, 0) is 16.2 Å². The van der Waals surface area contributed by atoms with Crippen molar-refractivity contribution in [1.29, 1.82) is 0 Å². The number of para-hydroxylation sites is 1. The molecule has 11 rings (SSSR count). The lowest BCUT2D eigenvalue weighted by atomic mass is 9.79. The molecule has 1 heterocycles. The molecule has 0 unspecified atom stereocenters. The highest BCUT2D eigenvalue weighted by molar-refractivity contribution is 6.22. The molecule has 10 aromatic carbocycles. The second-order valence-electron chi connectivity index (χ2n) is 22.3. The molecule has 0 saturated carbocycles. The smallest absolute Gasteiger partial charge is 0.0541 e. The van der Waals surface area contributed by atoms with Gasteiger partial charge in [-0.3, -0.25) is 0 Å². The summed E-state index contributed by atoms with van der Waals surface area (Å²) in [6.07, 6.45) is 0. The van der Waals surface area contributed by atoms with Gasteiger partial charge >= 0.3 is 0 Å². The van der Waals surface area contributed by atoms with Gasteiger partial charge in [0.2, 0.25) is 0 Å². The zero-order valence-corrected chi connectivity index (χ0v) is 41.6. The molecule has 0 bridgehead atoms. The summed E-state index contributed by atoms with van der Waals surface area (Å²) in [6, 6.07) is 77.5. The van der Waals surface area contributed by atoms with Crippen molar-refractivity contribution in [3.8, 4) is 61.3 Å². The molecule has 0 aliphatic carbocycles. The van der Waals surface area contributed by atoms with E-state index in [2.05, 4.69) is 273 Å². The van der Waals surface area contributed by atoms with E-state index < -0.39 is 0 Å². The summed E-state index contributed by atoms with van der Waals surface area (Å²) in [5.41, 5.74) is 20.0. The molecule has 1 nitrogen and oxygen atoms in total. The fourth-order valence-electron chi connectivity index (χ4n) is 10.5. The fourth-order valence-corrected chi connectivity index (χ4v) is 10.5. The lowest BCUT2D eigenvalue weighted by molar-refractivity contribution is 0.590. The van der Waals surface area contributed by atoms with Crippen LogP contribution in [0, 0.1) is 0 Å². The number of aromatic nitrogens is 1. The predicted molar refractivity (Wildman–Crippen MR) is 299 cm³/mol. The second kappa shape index (κ2) is 16.6. The van der Waals surface area contributed by atoms with Gasteiger partial charge in [0, 0.05) is 16.5 Å². The number of fused-ring (bicyclic) bond motifs is 5. The molecule has 69 heavy (non-hydrogen) atoms. The first-order chi connectivity index (χ1) is 33.1. The van der Waals surface area contributed by atoms with Gasteiger partial charge in [-0.15, -0.1) is 0 Å². The minimum atomic E-state index is -0.0197. The van der Waals surface area contributed by atoms with Crippen LogP contribution in [0.3, 0.4) is 0 Å². The third-order valence-corrected chi connectivity index (χ3v) is 14.5. The van der Waals surface area contributed by atoms with Crippen molar-refractivity contribution in [1.82, 2.24) is 4.57 Å². The van der Waals surface area contributed by atoms with Crippen molar-refractivity contribution in [3.63, 3.8) is 0 Å². The third-order valence-electron chi connectivity index (χ3n) is 14.5. The van der Waals surface area contributed by atoms with Crippen molar-refractivity contribution in [2.75, 3.05) is 0 Å². The summed E-state index contributed by atoms with van der Waals surface area (Å²) in [5, 5.41) is 7.67. The fraction of sp³-hybridized carbons (Fsp3) is 0.176. The first-order valence-corrected chi connectivity index (χ1v) is 24.7. The van der Waals surface area contributed by atoms with Crippen molar-refractivity contribution >= 4 is 43.4 Å². The summed E-state index contributed by atoms with van der Waals surface area (Å²) in [6.45, 7) is 20.8. The lowest BCUT2D eigenvalue weighted by Crippen LogP contribution is -2.11. The molecular formula is C68H61N. The maximum Gasteiger partial charge on any atom is 0.0541 e. The lowest BCUT2D eigenvalue weighted by Gasteiger charge is -2.25. The molecule has 0 spiro atoms. The second-order valence-corrected chi connectivity index (χ2v) is 22.3. The Kier molecular flexibility index (Phi) is 10.6. The van der Waals surface area contributed by atoms with E-state index in [0.29, 0.717) is 0 Å². The molecule has 1 aromatic heterocycles. The molecule has 1 heteroatoms. The van der Waals surface area contributed by atoms with Crippen molar-refractivity contribution in [3.05, 3.63) is 223 Å². The number of hydrogen-bond acceptors (Lipinski definition) is 0. The van der Waals surface area contributed by atoms with Crippen LogP contribution < -0.4 is 0 Å². The summed E-state index contributed by atoms with van der Waals surface area (Å²) in [5.74, 6) is 0. The van der Waals surface area contributed by atoms with Crippen LogP contribution in [-0.4, -0.2) is 4.57 Å². The first-order valence-electron chi connectivity index (χ1n) is 24.7. The van der Waals surface area contributed by atoms with E-state index in [9.17, 15) is 0 Å². The van der Waals surface area contributed by atoms with E-state index in [4.69, 9.17) is 0 Å². The first kappa shape index (κ1) is 44.1. The Morgan fingerprint density at radius 3 is 1.00 bits per heavy atom. The molecule has 338 valence electrons. The molecule has 0 N–H and O–H groups in total. The highest BCUT2D eigenvalue weighted by Gasteiger charge is 2.24. The topological polar surface area (TPSA) is 4.93 Å². The predicted octanol–water partition coefficient (Wildman–Crippen LogP) is 19.3. The van der Waals surface area contributed by atoms with Crippen molar-refractivity contribution < 1.29 is 0 Å². The van der Waals surface area contributed by atoms with Crippen LogP contribution in [0.25, 0.3) is 105 Å². The van der Waals surface area contributed by atoms with E-state index in [-0.39, 0.29) is 16.2 Å². The highest BCUT2D eigenvalue weighted by atomic mass is 15.0. The summed E-state index contributed by atoms with van der Waals surface area (Å²) >= 11 is 0. The van der Waals surface area contributed by atoms with Crippen LogP contribution in [0.1, 0.15) is 79.0 Å². The Morgan fingerprint density at radius 2 is 0.565 bits per heavy atom. The number of rotatable bonds is 6. The van der Waals surface area contributed by atoms with Gasteiger partial charge in [0.1, 0.15) is 0 Å². The van der Waals surface area contributed by atoms with E-state index >= 15 is 0 Å². The average molecular weight is 892 g/mol. The quantitative estimate of drug-likeness (QED) is 0.147. The van der Waals surface area contributed by atoms with Crippen LogP contribution in [0.15, 0.2) is 206 Å². The van der Waals surface area contributed by atoms with Gasteiger partial charge in [-0.25, -0.2) is 0 Å². The van der Waals surface area contributed by atoms with Crippen LogP contribution in [0.4, 0.5) is 0 Å².